The maximum atomic E-state index is 11.8. The van der Waals surface area contributed by atoms with Crippen LogP contribution in [0, 0.1) is 0 Å². The highest BCUT2D eigenvalue weighted by atomic mass is 32.1. The summed E-state index contributed by atoms with van der Waals surface area (Å²) in [6.45, 7) is 5.95. The van der Waals surface area contributed by atoms with E-state index in [-0.39, 0.29) is 11.8 Å². The average Bonchev–Trinajstić information content (AvgIpc) is 2.66. The zero-order valence-electron chi connectivity index (χ0n) is 12.4. The molecule has 7 nitrogen and oxygen atoms in total. The maximum Gasteiger partial charge on any atom is 0.412 e. The number of aromatic nitrogens is 1. The molecule has 1 unspecified atom stereocenters. The summed E-state index contributed by atoms with van der Waals surface area (Å²) in [7, 11) is 1.26. The second-order valence-corrected chi connectivity index (χ2v) is 6.53. The van der Waals surface area contributed by atoms with Gasteiger partial charge in [0, 0.05) is 6.42 Å². The zero-order valence-corrected chi connectivity index (χ0v) is 13.2. The minimum atomic E-state index is -0.641. The molecule has 0 spiro atoms. The van der Waals surface area contributed by atoms with Gasteiger partial charge in [-0.15, -0.1) is 0 Å². The van der Waals surface area contributed by atoms with E-state index in [0.717, 1.165) is 6.42 Å². The first-order chi connectivity index (χ1) is 9.80. The molecule has 1 aliphatic heterocycles. The number of rotatable bonds is 3. The quantitative estimate of drug-likeness (QED) is 0.863. The molecule has 1 fully saturated rings. The minimum Gasteiger partial charge on any atom is -0.464 e. The van der Waals surface area contributed by atoms with Crippen LogP contribution in [0.2, 0.25) is 0 Å². The topological polar surface area (TPSA) is 86.8 Å². The first kappa shape index (κ1) is 15.7. The second-order valence-electron chi connectivity index (χ2n) is 5.50. The first-order valence-electron chi connectivity index (χ1n) is 6.51. The normalized spacial score (nSPS) is 17.8. The van der Waals surface area contributed by atoms with Crippen molar-refractivity contribution in [2.24, 2.45) is 0 Å². The molecule has 8 heteroatoms. The molecule has 1 aliphatic rings. The van der Waals surface area contributed by atoms with Crippen molar-refractivity contribution in [1.82, 2.24) is 4.98 Å². The van der Waals surface area contributed by atoms with Crippen molar-refractivity contribution in [2.45, 2.75) is 38.9 Å². The van der Waals surface area contributed by atoms with Gasteiger partial charge in [0.05, 0.1) is 13.7 Å². The molecule has 21 heavy (non-hydrogen) atoms. The summed E-state index contributed by atoms with van der Waals surface area (Å²) in [5, 5.41) is 3.50. The van der Waals surface area contributed by atoms with Crippen LogP contribution in [0.25, 0.3) is 0 Å². The van der Waals surface area contributed by atoms with E-state index in [0.29, 0.717) is 16.6 Å². The molecule has 1 amide bonds. The molecule has 0 aliphatic carbocycles. The van der Waals surface area contributed by atoms with E-state index in [1.165, 1.54) is 18.4 Å². The highest BCUT2D eigenvalue weighted by molar-refractivity contribution is 7.16. The lowest BCUT2D eigenvalue weighted by molar-refractivity contribution is -0.0528. The van der Waals surface area contributed by atoms with E-state index in [1.807, 2.05) is 0 Å². The van der Waals surface area contributed by atoms with Gasteiger partial charge in [-0.3, -0.25) is 5.32 Å². The van der Waals surface area contributed by atoms with Crippen LogP contribution in [0.5, 0.6) is 0 Å². The van der Waals surface area contributed by atoms with Crippen molar-refractivity contribution < 1.29 is 23.8 Å². The Hall–Kier alpha value is -1.67. The number of nitrogens with zero attached hydrogens (tertiary/aromatic N) is 1. The largest absolute Gasteiger partial charge is 0.464 e. The van der Waals surface area contributed by atoms with E-state index in [4.69, 9.17) is 9.47 Å². The molecule has 2 heterocycles. The Morgan fingerprint density at radius 1 is 1.43 bits per heavy atom. The molecule has 0 saturated carbocycles. The van der Waals surface area contributed by atoms with Crippen LogP contribution in [0.15, 0.2) is 0 Å². The number of ether oxygens (including phenoxy) is 3. The summed E-state index contributed by atoms with van der Waals surface area (Å²) >= 11 is 1.19. The summed E-state index contributed by atoms with van der Waals surface area (Å²) in [5.41, 5.74) is -0.556. The maximum absolute atomic E-state index is 11.8. The van der Waals surface area contributed by atoms with Gasteiger partial charge in [-0.2, -0.15) is 0 Å². The molecule has 2 rings (SSSR count). The summed E-state index contributed by atoms with van der Waals surface area (Å²) in [4.78, 5) is 27.7. The summed E-state index contributed by atoms with van der Waals surface area (Å²) < 4.78 is 15.2. The molecule has 1 saturated heterocycles. The molecule has 0 radical (unpaired) electrons. The predicted octanol–water partition coefficient (Wildman–Crippen LogP) is 2.74. The van der Waals surface area contributed by atoms with Gasteiger partial charge in [-0.25, -0.2) is 14.6 Å². The van der Waals surface area contributed by atoms with Crippen LogP contribution < -0.4 is 5.32 Å². The molecule has 1 atom stereocenters. The number of thiazole rings is 1. The van der Waals surface area contributed by atoms with Gasteiger partial charge in [-0.05, 0) is 20.8 Å². The Bertz CT molecular complexity index is 545. The number of esters is 1. The number of methoxy groups -OCH3 is 1. The highest BCUT2D eigenvalue weighted by Crippen LogP contribution is 2.36. The number of hydrogen-bond acceptors (Lipinski definition) is 7. The molecular formula is C13H18N2O5S. The van der Waals surface area contributed by atoms with Crippen LogP contribution in [0.1, 0.15) is 48.8 Å². The van der Waals surface area contributed by atoms with Gasteiger partial charge in [0.1, 0.15) is 21.7 Å². The number of amides is 1. The van der Waals surface area contributed by atoms with Gasteiger partial charge in [0.2, 0.25) is 0 Å². The Balaban J connectivity index is 2.18. The standard InChI is InChI=1S/C13H18N2O5S/c1-13(2,3)20-12(17)15-10-8(11(16)18-4)14-9(21-10)7-5-6-19-7/h7H,5-6H2,1-4H3,(H,15,17). The Kier molecular flexibility index (Phi) is 4.48. The van der Waals surface area contributed by atoms with Crippen LogP contribution in [-0.4, -0.2) is 36.4 Å². The average molecular weight is 314 g/mol. The Morgan fingerprint density at radius 3 is 2.57 bits per heavy atom. The Morgan fingerprint density at radius 2 is 2.10 bits per heavy atom. The molecule has 0 aromatic carbocycles. The van der Waals surface area contributed by atoms with Crippen LogP contribution >= 0.6 is 11.3 Å². The molecule has 1 aromatic heterocycles. The molecule has 0 bridgehead atoms. The van der Waals surface area contributed by atoms with E-state index >= 15 is 0 Å². The number of carbonyl (C=O) groups is 2. The van der Waals surface area contributed by atoms with E-state index < -0.39 is 17.7 Å². The highest BCUT2D eigenvalue weighted by Gasteiger charge is 2.29. The number of hydrogen-bond donors (Lipinski definition) is 1. The van der Waals surface area contributed by atoms with Crippen molar-refractivity contribution in [3.05, 3.63) is 10.7 Å². The van der Waals surface area contributed by atoms with Crippen LogP contribution in [0.3, 0.4) is 0 Å². The lowest BCUT2D eigenvalue weighted by Crippen LogP contribution is -2.27. The Labute approximate surface area is 126 Å². The summed E-state index contributed by atoms with van der Waals surface area (Å²) in [6, 6.07) is 0. The lowest BCUT2D eigenvalue weighted by Gasteiger charge is -2.23. The van der Waals surface area contributed by atoms with E-state index in [1.54, 1.807) is 20.8 Å². The van der Waals surface area contributed by atoms with E-state index in [2.05, 4.69) is 15.0 Å². The fraction of sp³-hybridized carbons (Fsp3) is 0.615. The fourth-order valence-corrected chi connectivity index (χ4v) is 2.64. The SMILES string of the molecule is COC(=O)c1nc(C2CCO2)sc1NC(=O)OC(C)(C)C. The minimum absolute atomic E-state index is 0.0684. The molecule has 1 aromatic rings. The smallest absolute Gasteiger partial charge is 0.412 e. The van der Waals surface area contributed by atoms with E-state index in [9.17, 15) is 9.59 Å². The number of nitrogens with one attached hydrogen (secondary N) is 1. The lowest BCUT2D eigenvalue weighted by atomic mass is 10.2. The van der Waals surface area contributed by atoms with Crippen molar-refractivity contribution in [3.63, 3.8) is 0 Å². The molecule has 116 valence electrons. The third-order valence-corrected chi connectivity index (χ3v) is 3.67. The van der Waals surface area contributed by atoms with Crippen molar-refractivity contribution in [2.75, 3.05) is 19.0 Å². The van der Waals surface area contributed by atoms with Gasteiger partial charge >= 0.3 is 12.1 Å². The van der Waals surface area contributed by atoms with Gasteiger partial charge in [-0.1, -0.05) is 11.3 Å². The summed E-state index contributed by atoms with van der Waals surface area (Å²) in [5.74, 6) is -0.608. The van der Waals surface area contributed by atoms with Crippen LogP contribution in [-0.2, 0) is 14.2 Å². The first-order valence-corrected chi connectivity index (χ1v) is 7.32. The van der Waals surface area contributed by atoms with Crippen molar-refractivity contribution >= 4 is 28.4 Å². The summed E-state index contributed by atoms with van der Waals surface area (Å²) in [6.07, 6.45) is 0.0879. The van der Waals surface area contributed by atoms with Gasteiger partial charge in [0.15, 0.2) is 5.69 Å². The third kappa shape index (κ3) is 3.92. The third-order valence-electron chi connectivity index (χ3n) is 2.61. The van der Waals surface area contributed by atoms with Crippen molar-refractivity contribution in [1.29, 1.82) is 0 Å². The zero-order chi connectivity index (χ0) is 15.6. The van der Waals surface area contributed by atoms with Gasteiger partial charge in [0.25, 0.3) is 0 Å². The number of carbonyl (C=O) groups excluding carboxylic acids is 2. The monoisotopic (exact) mass is 314 g/mol. The fourth-order valence-electron chi connectivity index (χ4n) is 1.62. The molecular weight excluding hydrogens is 296 g/mol. The van der Waals surface area contributed by atoms with Gasteiger partial charge < -0.3 is 14.2 Å². The molecule has 1 N–H and O–H groups in total. The predicted molar refractivity (Wildman–Crippen MR) is 76.6 cm³/mol. The van der Waals surface area contributed by atoms with Crippen molar-refractivity contribution in [3.8, 4) is 0 Å². The second kappa shape index (κ2) is 5.98. The van der Waals surface area contributed by atoms with Crippen LogP contribution in [0.4, 0.5) is 9.80 Å². The number of anilines is 1.